The summed E-state index contributed by atoms with van der Waals surface area (Å²) in [7, 11) is 0. The molecule has 1 aliphatic heterocycles. The first-order chi connectivity index (χ1) is 9.45. The summed E-state index contributed by atoms with van der Waals surface area (Å²) in [5.41, 5.74) is 0.149. The summed E-state index contributed by atoms with van der Waals surface area (Å²) >= 11 is 0. The van der Waals surface area contributed by atoms with Crippen molar-refractivity contribution in [2.75, 3.05) is 19.7 Å². The van der Waals surface area contributed by atoms with Crippen molar-refractivity contribution < 1.29 is 13.9 Å². The van der Waals surface area contributed by atoms with Gasteiger partial charge in [0.1, 0.15) is 11.9 Å². The summed E-state index contributed by atoms with van der Waals surface area (Å²) in [6, 6.07) is 6.59. The summed E-state index contributed by atoms with van der Waals surface area (Å²) in [5, 5.41) is 0. The van der Waals surface area contributed by atoms with Gasteiger partial charge < -0.3 is 9.64 Å². The van der Waals surface area contributed by atoms with Crippen molar-refractivity contribution in [3.63, 3.8) is 0 Å². The number of carbonyl (C=O) groups excluding carboxylic acids is 1. The van der Waals surface area contributed by atoms with E-state index in [-0.39, 0.29) is 23.2 Å². The number of amides is 1. The Morgan fingerprint density at radius 1 is 1.45 bits per heavy atom. The van der Waals surface area contributed by atoms with Gasteiger partial charge in [-0.1, -0.05) is 39.0 Å². The molecule has 1 amide bonds. The van der Waals surface area contributed by atoms with E-state index in [1.807, 2.05) is 20.8 Å². The van der Waals surface area contributed by atoms with E-state index in [2.05, 4.69) is 0 Å². The van der Waals surface area contributed by atoms with Crippen LogP contribution in [0.25, 0.3) is 0 Å². The van der Waals surface area contributed by atoms with E-state index in [0.29, 0.717) is 25.3 Å². The molecule has 110 valence electrons. The van der Waals surface area contributed by atoms with E-state index < -0.39 is 0 Å². The van der Waals surface area contributed by atoms with Gasteiger partial charge in [-0.2, -0.15) is 0 Å². The number of nitrogens with zero attached hydrogens (tertiary/aromatic N) is 1. The fourth-order valence-electron chi connectivity index (χ4n) is 2.34. The van der Waals surface area contributed by atoms with Crippen LogP contribution in [0, 0.1) is 11.2 Å². The van der Waals surface area contributed by atoms with E-state index in [0.717, 1.165) is 6.42 Å². The summed E-state index contributed by atoms with van der Waals surface area (Å²) in [6.07, 6.45) is 0.412. The smallest absolute Gasteiger partial charge is 0.228 e. The second-order valence-corrected chi connectivity index (χ2v) is 5.87. The minimum absolute atomic E-state index is 0.115. The number of halogens is 1. The van der Waals surface area contributed by atoms with Crippen LogP contribution >= 0.6 is 0 Å². The lowest BCUT2D eigenvalue weighted by Gasteiger charge is -2.37. The molecule has 1 aromatic carbocycles. The maximum Gasteiger partial charge on any atom is 0.228 e. The fourth-order valence-corrected chi connectivity index (χ4v) is 2.34. The summed E-state index contributed by atoms with van der Waals surface area (Å²) in [6.45, 7) is 7.35. The van der Waals surface area contributed by atoms with Crippen LogP contribution in [0.3, 0.4) is 0 Å². The van der Waals surface area contributed by atoms with Crippen molar-refractivity contribution in [3.8, 4) is 0 Å². The Hall–Kier alpha value is -1.42. The standard InChI is InChI=1S/C16H22FNO2/c1-4-16(2,3)15(19)18-9-10-20-14(11-18)12-7-5-6-8-13(12)17/h5-8,14H,4,9-11H2,1-3H3. The van der Waals surface area contributed by atoms with Crippen molar-refractivity contribution in [2.24, 2.45) is 5.41 Å². The minimum Gasteiger partial charge on any atom is -0.370 e. The Balaban J connectivity index is 2.14. The molecule has 1 heterocycles. The Bertz CT molecular complexity index is 487. The number of carbonyl (C=O) groups is 1. The normalized spacial score (nSPS) is 20.0. The van der Waals surface area contributed by atoms with Gasteiger partial charge in [0.05, 0.1) is 13.2 Å². The zero-order valence-corrected chi connectivity index (χ0v) is 12.4. The van der Waals surface area contributed by atoms with Gasteiger partial charge in [0.25, 0.3) is 0 Å². The monoisotopic (exact) mass is 279 g/mol. The molecule has 0 aliphatic carbocycles. The van der Waals surface area contributed by atoms with E-state index >= 15 is 0 Å². The number of benzene rings is 1. The molecule has 20 heavy (non-hydrogen) atoms. The average Bonchev–Trinajstić information content (AvgIpc) is 2.47. The summed E-state index contributed by atoms with van der Waals surface area (Å²) < 4.78 is 19.5. The van der Waals surface area contributed by atoms with E-state index in [9.17, 15) is 9.18 Å². The molecular formula is C16H22FNO2. The maximum atomic E-state index is 13.8. The Morgan fingerprint density at radius 3 is 2.80 bits per heavy atom. The zero-order valence-electron chi connectivity index (χ0n) is 12.4. The van der Waals surface area contributed by atoms with Crippen LogP contribution < -0.4 is 0 Å². The van der Waals surface area contributed by atoms with Crippen molar-refractivity contribution >= 4 is 5.91 Å². The molecule has 1 unspecified atom stereocenters. The van der Waals surface area contributed by atoms with Gasteiger partial charge in [0.15, 0.2) is 0 Å². The zero-order chi connectivity index (χ0) is 14.8. The SMILES string of the molecule is CCC(C)(C)C(=O)N1CCOC(c2ccccc2F)C1. The van der Waals surface area contributed by atoms with Crippen LogP contribution in [-0.4, -0.2) is 30.5 Å². The van der Waals surface area contributed by atoms with E-state index in [1.165, 1.54) is 6.07 Å². The topological polar surface area (TPSA) is 29.5 Å². The van der Waals surface area contributed by atoms with Crippen molar-refractivity contribution in [1.82, 2.24) is 4.90 Å². The predicted octanol–water partition coefficient (Wildman–Crippen LogP) is 3.16. The number of ether oxygens (including phenoxy) is 1. The lowest BCUT2D eigenvalue weighted by molar-refractivity contribution is -0.148. The first-order valence-corrected chi connectivity index (χ1v) is 7.11. The van der Waals surface area contributed by atoms with Crippen LogP contribution in [0.5, 0.6) is 0 Å². The van der Waals surface area contributed by atoms with Crippen LogP contribution in [0.2, 0.25) is 0 Å². The third-order valence-electron chi connectivity index (χ3n) is 4.07. The molecule has 4 heteroatoms. The van der Waals surface area contributed by atoms with Crippen molar-refractivity contribution in [1.29, 1.82) is 0 Å². The molecular weight excluding hydrogens is 257 g/mol. The summed E-state index contributed by atoms with van der Waals surface area (Å²) in [5.74, 6) is -0.161. The molecule has 1 atom stereocenters. The number of hydrogen-bond donors (Lipinski definition) is 0. The molecule has 0 N–H and O–H groups in total. The van der Waals surface area contributed by atoms with Gasteiger partial charge in [-0.25, -0.2) is 4.39 Å². The Morgan fingerprint density at radius 2 is 2.15 bits per heavy atom. The highest BCUT2D eigenvalue weighted by molar-refractivity contribution is 5.82. The molecule has 2 rings (SSSR count). The third kappa shape index (κ3) is 3.01. The fraction of sp³-hybridized carbons (Fsp3) is 0.562. The van der Waals surface area contributed by atoms with E-state index in [4.69, 9.17) is 4.74 Å². The molecule has 0 aromatic heterocycles. The van der Waals surface area contributed by atoms with E-state index in [1.54, 1.807) is 23.1 Å². The molecule has 0 bridgehead atoms. The van der Waals surface area contributed by atoms with Gasteiger partial charge in [0.2, 0.25) is 5.91 Å². The summed E-state index contributed by atoms with van der Waals surface area (Å²) in [4.78, 5) is 14.3. The lowest BCUT2D eigenvalue weighted by Crippen LogP contribution is -2.47. The second kappa shape index (κ2) is 5.92. The highest BCUT2D eigenvalue weighted by atomic mass is 19.1. The first kappa shape index (κ1) is 15.0. The van der Waals surface area contributed by atoms with Gasteiger partial charge in [-0.15, -0.1) is 0 Å². The van der Waals surface area contributed by atoms with Gasteiger partial charge in [-0.05, 0) is 12.5 Å². The van der Waals surface area contributed by atoms with Gasteiger partial charge in [0, 0.05) is 17.5 Å². The largest absolute Gasteiger partial charge is 0.370 e. The quantitative estimate of drug-likeness (QED) is 0.850. The minimum atomic E-state index is -0.378. The highest BCUT2D eigenvalue weighted by Gasteiger charge is 2.34. The highest BCUT2D eigenvalue weighted by Crippen LogP contribution is 2.29. The van der Waals surface area contributed by atoms with Crippen LogP contribution in [0.15, 0.2) is 24.3 Å². The molecule has 0 radical (unpaired) electrons. The molecule has 0 spiro atoms. The number of rotatable bonds is 3. The molecule has 1 saturated heterocycles. The number of hydrogen-bond acceptors (Lipinski definition) is 2. The molecule has 1 aromatic rings. The van der Waals surface area contributed by atoms with Crippen molar-refractivity contribution in [2.45, 2.75) is 33.3 Å². The Labute approximate surface area is 119 Å². The predicted molar refractivity (Wildman–Crippen MR) is 75.7 cm³/mol. The van der Waals surface area contributed by atoms with Crippen LogP contribution in [0.4, 0.5) is 4.39 Å². The molecule has 1 aliphatic rings. The Kier molecular flexibility index (Phi) is 4.43. The third-order valence-corrected chi connectivity index (χ3v) is 4.07. The molecule has 1 fully saturated rings. The molecule has 0 saturated carbocycles. The first-order valence-electron chi connectivity index (χ1n) is 7.11. The van der Waals surface area contributed by atoms with Crippen LogP contribution in [-0.2, 0) is 9.53 Å². The maximum absolute atomic E-state index is 13.8. The van der Waals surface area contributed by atoms with Gasteiger partial charge >= 0.3 is 0 Å². The lowest BCUT2D eigenvalue weighted by atomic mass is 9.88. The number of morpholine rings is 1. The molecule has 3 nitrogen and oxygen atoms in total. The van der Waals surface area contributed by atoms with Gasteiger partial charge in [-0.3, -0.25) is 4.79 Å². The average molecular weight is 279 g/mol. The van der Waals surface area contributed by atoms with Crippen molar-refractivity contribution in [3.05, 3.63) is 35.6 Å². The van der Waals surface area contributed by atoms with Crippen LogP contribution in [0.1, 0.15) is 38.9 Å². The second-order valence-electron chi connectivity index (χ2n) is 5.87.